The molecule has 0 spiro atoms. The van der Waals surface area contributed by atoms with Crippen LogP contribution >= 0.6 is 11.6 Å². The van der Waals surface area contributed by atoms with E-state index in [9.17, 15) is 4.39 Å². The van der Waals surface area contributed by atoms with Crippen molar-refractivity contribution in [3.05, 3.63) is 23.6 Å². The van der Waals surface area contributed by atoms with E-state index < -0.39 is 0 Å². The predicted molar refractivity (Wildman–Crippen MR) is 66.0 cm³/mol. The van der Waals surface area contributed by atoms with Crippen molar-refractivity contribution >= 4 is 17.4 Å². The van der Waals surface area contributed by atoms with Crippen LogP contribution in [-0.4, -0.2) is 30.3 Å². The second kappa shape index (κ2) is 4.78. The topological polar surface area (TPSA) is 25.4 Å². The van der Waals surface area contributed by atoms with Crippen LogP contribution in [0.3, 0.4) is 0 Å². The number of morpholine rings is 1. The number of hydrogen-bond donors (Lipinski definition) is 0. The summed E-state index contributed by atoms with van der Waals surface area (Å²) >= 11 is 5.70. The van der Waals surface area contributed by atoms with Gasteiger partial charge < -0.3 is 9.64 Å². The van der Waals surface area contributed by atoms with Gasteiger partial charge in [0.05, 0.1) is 24.6 Å². The van der Waals surface area contributed by atoms with E-state index >= 15 is 0 Å². The molecule has 1 aliphatic rings. The molecule has 0 amide bonds. The highest BCUT2D eigenvalue weighted by atomic mass is 35.5. The molecule has 17 heavy (non-hydrogen) atoms. The van der Waals surface area contributed by atoms with Crippen molar-refractivity contribution in [1.82, 2.24) is 4.98 Å². The number of nitrogens with zero attached hydrogens (tertiary/aromatic N) is 2. The maximum atomic E-state index is 14.2. The summed E-state index contributed by atoms with van der Waals surface area (Å²) in [5.74, 6) is 0.209. The second-order valence-corrected chi connectivity index (χ2v) is 5.03. The first kappa shape index (κ1) is 12.6. The van der Waals surface area contributed by atoms with Crippen molar-refractivity contribution in [2.24, 2.45) is 0 Å². The number of halogens is 2. The zero-order chi connectivity index (χ0) is 12.5. The highest BCUT2D eigenvalue weighted by Gasteiger charge is 2.33. The van der Waals surface area contributed by atoms with E-state index in [0.717, 1.165) is 0 Å². The average molecular weight is 259 g/mol. The quantitative estimate of drug-likeness (QED) is 0.763. The summed E-state index contributed by atoms with van der Waals surface area (Å²) in [6, 6.07) is 1.61. The van der Waals surface area contributed by atoms with Gasteiger partial charge in [0.25, 0.3) is 0 Å². The summed E-state index contributed by atoms with van der Waals surface area (Å²) in [7, 11) is 0. The number of anilines is 1. The van der Waals surface area contributed by atoms with E-state index in [-0.39, 0.29) is 17.2 Å². The smallest absolute Gasteiger partial charge is 0.170 e. The molecule has 2 heterocycles. The molecule has 2 rings (SSSR count). The Bertz CT molecular complexity index is 411. The molecule has 0 N–H and O–H groups in total. The fourth-order valence-electron chi connectivity index (χ4n) is 2.01. The first-order valence-electron chi connectivity index (χ1n) is 5.61. The summed E-state index contributed by atoms with van der Waals surface area (Å²) in [4.78, 5) is 6.09. The second-order valence-electron chi connectivity index (χ2n) is 4.76. The molecule has 3 nitrogen and oxygen atoms in total. The summed E-state index contributed by atoms with van der Waals surface area (Å²) in [5, 5.41) is 0. The van der Waals surface area contributed by atoms with Crippen LogP contribution in [0.1, 0.15) is 19.4 Å². The Kier molecular flexibility index (Phi) is 3.54. The third kappa shape index (κ3) is 2.38. The molecule has 1 aliphatic heterocycles. The van der Waals surface area contributed by atoms with Crippen molar-refractivity contribution in [2.45, 2.75) is 25.3 Å². The first-order valence-corrected chi connectivity index (χ1v) is 6.14. The van der Waals surface area contributed by atoms with Gasteiger partial charge in [0.15, 0.2) is 11.6 Å². The van der Waals surface area contributed by atoms with Gasteiger partial charge in [0, 0.05) is 18.3 Å². The van der Waals surface area contributed by atoms with E-state index in [2.05, 4.69) is 4.98 Å². The van der Waals surface area contributed by atoms with Crippen LogP contribution < -0.4 is 4.90 Å². The molecule has 0 atom stereocenters. The van der Waals surface area contributed by atoms with Gasteiger partial charge in [-0.1, -0.05) is 0 Å². The van der Waals surface area contributed by atoms with E-state index in [1.54, 1.807) is 12.3 Å². The van der Waals surface area contributed by atoms with Gasteiger partial charge in [-0.05, 0) is 19.9 Å². The largest absolute Gasteiger partial charge is 0.377 e. The third-order valence-corrected chi connectivity index (χ3v) is 3.28. The Morgan fingerprint density at radius 1 is 1.59 bits per heavy atom. The molecule has 1 saturated heterocycles. The molecule has 94 valence electrons. The van der Waals surface area contributed by atoms with Crippen LogP contribution in [0.5, 0.6) is 0 Å². The molecule has 0 bridgehead atoms. The summed E-state index contributed by atoms with van der Waals surface area (Å²) < 4.78 is 19.6. The van der Waals surface area contributed by atoms with Crippen molar-refractivity contribution < 1.29 is 9.13 Å². The van der Waals surface area contributed by atoms with Crippen LogP contribution in [0, 0.1) is 5.82 Å². The molecule has 0 aromatic carbocycles. The van der Waals surface area contributed by atoms with Gasteiger partial charge in [0.1, 0.15) is 0 Å². The summed E-state index contributed by atoms with van der Waals surface area (Å²) in [6.45, 7) is 5.83. The maximum Gasteiger partial charge on any atom is 0.170 e. The van der Waals surface area contributed by atoms with E-state index in [1.807, 2.05) is 18.7 Å². The molecule has 0 unspecified atom stereocenters. The number of rotatable bonds is 2. The lowest BCUT2D eigenvalue weighted by molar-refractivity contribution is 0.0634. The molecule has 1 aromatic heterocycles. The van der Waals surface area contributed by atoms with Crippen LogP contribution in [0.25, 0.3) is 0 Å². The van der Waals surface area contributed by atoms with Crippen molar-refractivity contribution in [2.75, 3.05) is 24.7 Å². The van der Waals surface area contributed by atoms with Crippen LogP contribution in [0.2, 0.25) is 0 Å². The Morgan fingerprint density at radius 3 is 3.00 bits per heavy atom. The highest BCUT2D eigenvalue weighted by molar-refractivity contribution is 6.17. The van der Waals surface area contributed by atoms with Crippen molar-refractivity contribution in [3.8, 4) is 0 Å². The number of ether oxygens (including phenoxy) is 1. The van der Waals surface area contributed by atoms with Crippen LogP contribution in [0.4, 0.5) is 10.2 Å². The van der Waals surface area contributed by atoms with E-state index in [4.69, 9.17) is 16.3 Å². The fraction of sp³-hybridized carbons (Fsp3) is 0.583. The van der Waals surface area contributed by atoms with E-state index in [1.165, 1.54) is 0 Å². The standard InChI is InChI=1S/C12H16ClFN2O/c1-12(2)8-17-6-5-16(12)11-10(14)9(7-13)3-4-15-11/h3-4H,5-8H2,1-2H3. The molecule has 1 aromatic rings. The number of hydrogen-bond acceptors (Lipinski definition) is 3. The highest BCUT2D eigenvalue weighted by Crippen LogP contribution is 2.29. The lowest BCUT2D eigenvalue weighted by Gasteiger charge is -2.43. The van der Waals surface area contributed by atoms with Gasteiger partial charge in [-0.15, -0.1) is 11.6 Å². The van der Waals surface area contributed by atoms with Gasteiger partial charge in [-0.3, -0.25) is 0 Å². The first-order chi connectivity index (χ1) is 8.06. The Balaban J connectivity index is 2.39. The normalized spacial score (nSPS) is 19.4. The van der Waals surface area contributed by atoms with E-state index in [0.29, 0.717) is 31.1 Å². The molecule has 5 heteroatoms. The summed E-state index contributed by atoms with van der Waals surface area (Å²) in [5.41, 5.74) is 0.232. The third-order valence-electron chi connectivity index (χ3n) is 3.00. The molecule has 0 aliphatic carbocycles. The molecule has 0 radical (unpaired) electrons. The minimum atomic E-state index is -0.322. The average Bonchev–Trinajstić information content (AvgIpc) is 2.30. The number of pyridine rings is 1. The SMILES string of the molecule is CC1(C)COCCN1c1nccc(CCl)c1F. The molecular weight excluding hydrogens is 243 g/mol. The fourth-order valence-corrected chi connectivity index (χ4v) is 2.22. The number of alkyl halides is 1. The lowest BCUT2D eigenvalue weighted by Crippen LogP contribution is -2.53. The molecule has 0 saturated carbocycles. The molecule has 1 fully saturated rings. The van der Waals surface area contributed by atoms with Gasteiger partial charge in [0.2, 0.25) is 0 Å². The maximum absolute atomic E-state index is 14.2. The van der Waals surface area contributed by atoms with Crippen molar-refractivity contribution in [1.29, 1.82) is 0 Å². The Morgan fingerprint density at radius 2 is 2.35 bits per heavy atom. The minimum Gasteiger partial charge on any atom is -0.377 e. The lowest BCUT2D eigenvalue weighted by atomic mass is 10.0. The van der Waals surface area contributed by atoms with Crippen LogP contribution in [-0.2, 0) is 10.6 Å². The zero-order valence-corrected chi connectivity index (χ0v) is 10.8. The minimum absolute atomic E-state index is 0.159. The van der Waals surface area contributed by atoms with Gasteiger partial charge in [-0.25, -0.2) is 9.37 Å². The van der Waals surface area contributed by atoms with Gasteiger partial charge in [-0.2, -0.15) is 0 Å². The van der Waals surface area contributed by atoms with Gasteiger partial charge >= 0.3 is 0 Å². The summed E-state index contributed by atoms with van der Waals surface area (Å²) in [6.07, 6.45) is 1.60. The number of aromatic nitrogens is 1. The van der Waals surface area contributed by atoms with Crippen molar-refractivity contribution in [3.63, 3.8) is 0 Å². The Hall–Kier alpha value is -0.870. The monoisotopic (exact) mass is 258 g/mol. The molecular formula is C12H16ClFN2O. The predicted octanol–water partition coefficient (Wildman–Crippen LogP) is 2.57. The van der Waals surface area contributed by atoms with Crippen LogP contribution in [0.15, 0.2) is 12.3 Å². The Labute approximate surface area is 106 Å². The zero-order valence-electron chi connectivity index (χ0n) is 10.0.